The van der Waals surface area contributed by atoms with Gasteiger partial charge < -0.3 is 15.6 Å². The van der Waals surface area contributed by atoms with E-state index in [-0.39, 0.29) is 5.91 Å². The summed E-state index contributed by atoms with van der Waals surface area (Å²) in [5.41, 5.74) is 4.96. The third-order valence-electron chi connectivity index (χ3n) is 3.87. The summed E-state index contributed by atoms with van der Waals surface area (Å²) >= 11 is 1.19. The third-order valence-corrected chi connectivity index (χ3v) is 4.80. The van der Waals surface area contributed by atoms with Crippen LogP contribution in [0, 0.1) is 6.92 Å². The molecule has 22 heavy (non-hydrogen) atoms. The SMILES string of the molecule is Cc1nc(C2(NC(=O)c3cc(C(N)=O)cs3)CCCC2)no1. The molecule has 3 N–H and O–H groups in total. The zero-order valence-electron chi connectivity index (χ0n) is 12.1. The van der Waals surface area contributed by atoms with Gasteiger partial charge in [0, 0.05) is 12.3 Å². The van der Waals surface area contributed by atoms with Gasteiger partial charge in [0.15, 0.2) is 5.82 Å². The van der Waals surface area contributed by atoms with Crippen molar-refractivity contribution in [2.45, 2.75) is 38.1 Å². The van der Waals surface area contributed by atoms with Crippen LogP contribution >= 0.6 is 11.3 Å². The molecule has 2 amide bonds. The Kier molecular flexibility index (Phi) is 3.69. The van der Waals surface area contributed by atoms with E-state index in [9.17, 15) is 9.59 Å². The summed E-state index contributed by atoms with van der Waals surface area (Å²) in [5, 5.41) is 8.58. The summed E-state index contributed by atoms with van der Waals surface area (Å²) in [5.74, 6) is 0.201. The standard InChI is InChI=1S/C14H16N4O3S/c1-8-16-13(18-21-8)14(4-2-3-5-14)17-12(20)10-6-9(7-22-10)11(15)19/h6-7H,2-5H2,1H3,(H2,15,19)(H,17,20). The third kappa shape index (κ3) is 2.61. The van der Waals surface area contributed by atoms with Crippen LogP contribution in [0.3, 0.4) is 0 Å². The van der Waals surface area contributed by atoms with Gasteiger partial charge in [-0.3, -0.25) is 9.59 Å². The van der Waals surface area contributed by atoms with E-state index in [0.29, 0.717) is 22.2 Å². The van der Waals surface area contributed by atoms with Crippen molar-refractivity contribution in [2.24, 2.45) is 5.73 Å². The predicted molar refractivity (Wildman–Crippen MR) is 79.5 cm³/mol. The maximum Gasteiger partial charge on any atom is 0.262 e. The summed E-state index contributed by atoms with van der Waals surface area (Å²) in [7, 11) is 0. The zero-order valence-corrected chi connectivity index (χ0v) is 12.9. The fourth-order valence-corrected chi connectivity index (χ4v) is 3.53. The summed E-state index contributed by atoms with van der Waals surface area (Å²) < 4.78 is 5.05. The first-order chi connectivity index (χ1) is 10.5. The zero-order chi connectivity index (χ0) is 15.7. The van der Waals surface area contributed by atoms with Gasteiger partial charge in [0.1, 0.15) is 5.54 Å². The fourth-order valence-electron chi connectivity index (χ4n) is 2.74. The average molecular weight is 320 g/mol. The van der Waals surface area contributed by atoms with Gasteiger partial charge in [-0.15, -0.1) is 11.3 Å². The van der Waals surface area contributed by atoms with Crippen LogP contribution < -0.4 is 11.1 Å². The van der Waals surface area contributed by atoms with E-state index in [1.54, 1.807) is 12.3 Å². The molecule has 0 aliphatic heterocycles. The molecule has 2 aromatic rings. The van der Waals surface area contributed by atoms with Crippen molar-refractivity contribution in [3.8, 4) is 0 Å². The van der Waals surface area contributed by atoms with Gasteiger partial charge in [0.05, 0.1) is 10.4 Å². The molecule has 0 saturated heterocycles. The Labute approximate surface area is 130 Å². The highest BCUT2D eigenvalue weighted by atomic mass is 32.1. The number of nitrogens with zero attached hydrogens (tertiary/aromatic N) is 2. The maximum absolute atomic E-state index is 12.5. The van der Waals surface area contributed by atoms with Crippen molar-refractivity contribution in [3.05, 3.63) is 33.6 Å². The van der Waals surface area contributed by atoms with Gasteiger partial charge in [-0.05, 0) is 18.9 Å². The number of rotatable bonds is 4. The van der Waals surface area contributed by atoms with Crippen molar-refractivity contribution < 1.29 is 14.1 Å². The Morgan fingerprint density at radius 1 is 1.41 bits per heavy atom. The summed E-state index contributed by atoms with van der Waals surface area (Å²) in [6, 6.07) is 1.51. The smallest absolute Gasteiger partial charge is 0.262 e. The van der Waals surface area contributed by atoms with Crippen LogP contribution in [0.15, 0.2) is 16.0 Å². The van der Waals surface area contributed by atoms with Gasteiger partial charge in [-0.25, -0.2) is 0 Å². The number of hydrogen-bond donors (Lipinski definition) is 2. The fraction of sp³-hybridized carbons (Fsp3) is 0.429. The Bertz CT molecular complexity index is 715. The number of hydrogen-bond acceptors (Lipinski definition) is 6. The molecular weight excluding hydrogens is 304 g/mol. The normalized spacial score (nSPS) is 16.6. The van der Waals surface area contributed by atoms with Crippen LogP contribution in [-0.4, -0.2) is 22.0 Å². The van der Waals surface area contributed by atoms with E-state index in [1.165, 1.54) is 17.4 Å². The van der Waals surface area contributed by atoms with E-state index < -0.39 is 11.4 Å². The number of aryl methyl sites for hydroxylation is 1. The van der Waals surface area contributed by atoms with Crippen molar-refractivity contribution in [2.75, 3.05) is 0 Å². The molecule has 0 atom stereocenters. The molecule has 8 heteroatoms. The van der Waals surface area contributed by atoms with Crippen molar-refractivity contribution in [1.82, 2.24) is 15.5 Å². The molecule has 0 spiro atoms. The van der Waals surface area contributed by atoms with Crippen LogP contribution in [-0.2, 0) is 5.54 Å². The molecule has 7 nitrogen and oxygen atoms in total. The van der Waals surface area contributed by atoms with E-state index in [2.05, 4.69) is 15.5 Å². The molecule has 0 unspecified atom stereocenters. The van der Waals surface area contributed by atoms with Gasteiger partial charge in [-0.2, -0.15) is 4.98 Å². The number of carbonyl (C=O) groups is 2. The Balaban J connectivity index is 1.84. The highest BCUT2D eigenvalue weighted by Gasteiger charge is 2.41. The number of carbonyl (C=O) groups excluding carboxylic acids is 2. The summed E-state index contributed by atoms with van der Waals surface area (Å²) in [6.45, 7) is 1.72. The quantitative estimate of drug-likeness (QED) is 0.891. The summed E-state index contributed by atoms with van der Waals surface area (Å²) in [4.78, 5) is 28.3. The van der Waals surface area contributed by atoms with E-state index in [4.69, 9.17) is 10.3 Å². The average Bonchev–Trinajstić information content (AvgIpc) is 3.17. The number of amides is 2. The highest BCUT2D eigenvalue weighted by molar-refractivity contribution is 7.12. The van der Waals surface area contributed by atoms with Crippen molar-refractivity contribution >= 4 is 23.2 Å². The topological polar surface area (TPSA) is 111 Å². The van der Waals surface area contributed by atoms with Gasteiger partial charge in [0.2, 0.25) is 11.8 Å². The molecule has 116 valence electrons. The van der Waals surface area contributed by atoms with Gasteiger partial charge in [-0.1, -0.05) is 18.0 Å². The lowest BCUT2D eigenvalue weighted by molar-refractivity contribution is 0.0896. The molecule has 0 radical (unpaired) electrons. The van der Waals surface area contributed by atoms with Gasteiger partial charge >= 0.3 is 0 Å². The molecule has 1 fully saturated rings. The highest BCUT2D eigenvalue weighted by Crippen LogP contribution is 2.37. The first-order valence-corrected chi connectivity index (χ1v) is 7.90. The van der Waals surface area contributed by atoms with Crippen molar-refractivity contribution in [3.63, 3.8) is 0 Å². The molecule has 1 saturated carbocycles. The first kappa shape index (κ1) is 14.7. The number of nitrogens with two attached hydrogens (primary N) is 1. The molecule has 2 heterocycles. The number of primary amides is 1. The maximum atomic E-state index is 12.5. The molecule has 0 bridgehead atoms. The molecule has 1 aliphatic carbocycles. The Hall–Kier alpha value is -2.22. The molecule has 2 aromatic heterocycles. The second kappa shape index (κ2) is 5.53. The van der Waals surface area contributed by atoms with E-state index in [0.717, 1.165) is 25.7 Å². The lowest BCUT2D eigenvalue weighted by atomic mass is 9.96. The number of thiophene rings is 1. The lowest BCUT2D eigenvalue weighted by Gasteiger charge is -2.26. The monoisotopic (exact) mass is 320 g/mol. The minimum atomic E-state index is -0.592. The molecular formula is C14H16N4O3S. The first-order valence-electron chi connectivity index (χ1n) is 7.02. The van der Waals surface area contributed by atoms with Crippen molar-refractivity contribution in [1.29, 1.82) is 0 Å². The number of nitrogens with one attached hydrogen (secondary N) is 1. The van der Waals surface area contributed by atoms with Crippen LogP contribution in [0.25, 0.3) is 0 Å². The molecule has 3 rings (SSSR count). The number of aromatic nitrogens is 2. The van der Waals surface area contributed by atoms with Crippen LogP contribution in [0.4, 0.5) is 0 Å². The van der Waals surface area contributed by atoms with E-state index in [1.807, 2.05) is 0 Å². The Morgan fingerprint density at radius 3 is 2.68 bits per heavy atom. The van der Waals surface area contributed by atoms with Crippen LogP contribution in [0.5, 0.6) is 0 Å². The predicted octanol–water partition coefficient (Wildman–Crippen LogP) is 1.74. The van der Waals surface area contributed by atoms with E-state index >= 15 is 0 Å². The second-order valence-electron chi connectivity index (χ2n) is 5.44. The summed E-state index contributed by atoms with van der Waals surface area (Å²) in [6.07, 6.45) is 3.52. The minimum absolute atomic E-state index is 0.248. The lowest BCUT2D eigenvalue weighted by Crippen LogP contribution is -2.44. The second-order valence-corrected chi connectivity index (χ2v) is 6.36. The molecule has 0 aromatic carbocycles. The van der Waals surface area contributed by atoms with Crippen LogP contribution in [0.2, 0.25) is 0 Å². The van der Waals surface area contributed by atoms with Gasteiger partial charge in [0.25, 0.3) is 5.91 Å². The largest absolute Gasteiger partial charge is 0.366 e. The Morgan fingerprint density at radius 2 is 2.14 bits per heavy atom. The minimum Gasteiger partial charge on any atom is -0.366 e. The molecule has 1 aliphatic rings. The van der Waals surface area contributed by atoms with Crippen LogP contribution in [0.1, 0.15) is 57.4 Å².